The van der Waals surface area contributed by atoms with Gasteiger partial charge < -0.3 is 16.2 Å². The number of hydrogen-bond acceptors (Lipinski definition) is 5. The van der Waals surface area contributed by atoms with E-state index in [1.54, 1.807) is 0 Å². The number of fused-ring (bicyclic) bond motifs is 1. The molecular weight excluding hydrogens is 457 g/mol. The molecule has 1 aromatic carbocycles. The van der Waals surface area contributed by atoms with E-state index in [-0.39, 0.29) is 31.5 Å². The molecule has 5 N–H and O–H groups in total. The first-order valence-corrected chi connectivity index (χ1v) is 11.0. The number of carbonyl (C=O) groups is 4. The van der Waals surface area contributed by atoms with E-state index in [0.717, 1.165) is 17.0 Å². The Morgan fingerprint density at radius 3 is 2.53 bits per heavy atom. The molecule has 0 aromatic heterocycles. The first kappa shape index (κ1) is 25.5. The van der Waals surface area contributed by atoms with Crippen LogP contribution < -0.4 is 16.4 Å². The van der Waals surface area contributed by atoms with Crippen LogP contribution in [0.25, 0.3) is 0 Å². The molecule has 12 heteroatoms. The smallest absolute Gasteiger partial charge is 0.416 e. The van der Waals surface area contributed by atoms with Crippen LogP contribution in [0.5, 0.6) is 0 Å². The van der Waals surface area contributed by atoms with Gasteiger partial charge >= 0.3 is 18.2 Å². The van der Waals surface area contributed by atoms with Gasteiger partial charge in [-0.1, -0.05) is 25.5 Å². The molecule has 186 valence electrons. The predicted octanol–water partition coefficient (Wildman–Crippen LogP) is 2.02. The quantitative estimate of drug-likeness (QED) is 0.312. The number of nitrogens with two attached hydrogens (primary N) is 1. The minimum Gasteiger partial charge on any atom is -0.480 e. The number of likely N-dealkylation sites (tertiary alicyclic amines) is 1. The molecule has 0 aliphatic carbocycles. The molecule has 1 aromatic rings. The number of nitrogens with zero attached hydrogens (tertiary/aromatic N) is 1. The topological polar surface area (TPSA) is 142 Å². The molecule has 9 nitrogen and oxygen atoms in total. The lowest BCUT2D eigenvalue weighted by atomic mass is 9.77. The maximum Gasteiger partial charge on any atom is 0.416 e. The fraction of sp³-hybridized carbons (Fsp3) is 0.545. The Morgan fingerprint density at radius 1 is 1.24 bits per heavy atom. The molecular formula is C22H27F3N4O5. The van der Waals surface area contributed by atoms with E-state index in [1.165, 1.54) is 12.1 Å². The van der Waals surface area contributed by atoms with Crippen molar-refractivity contribution >= 4 is 23.8 Å². The largest absolute Gasteiger partial charge is 0.480 e. The lowest BCUT2D eigenvalue weighted by Gasteiger charge is -2.31. The Kier molecular flexibility index (Phi) is 7.20. The summed E-state index contributed by atoms with van der Waals surface area (Å²) in [7, 11) is 0. The van der Waals surface area contributed by atoms with Crippen molar-refractivity contribution in [3.8, 4) is 0 Å². The number of unbranched alkanes of at least 4 members (excludes halogenated alkanes) is 1. The first-order valence-electron chi connectivity index (χ1n) is 11.0. The first-order chi connectivity index (χ1) is 15.9. The number of imide groups is 1. The van der Waals surface area contributed by atoms with Crippen LogP contribution in [0, 0.1) is 11.8 Å². The molecule has 0 radical (unpaired) electrons. The molecule has 0 saturated carbocycles. The van der Waals surface area contributed by atoms with E-state index in [0.29, 0.717) is 12.8 Å². The molecule has 2 aliphatic heterocycles. The molecule has 4 amide bonds. The Hall–Kier alpha value is -3.15. The van der Waals surface area contributed by atoms with Crippen LogP contribution in [0.4, 0.5) is 18.0 Å². The van der Waals surface area contributed by atoms with E-state index in [4.69, 9.17) is 5.73 Å². The summed E-state index contributed by atoms with van der Waals surface area (Å²) in [5.41, 5.74) is 2.26. The maximum absolute atomic E-state index is 13.3. The molecule has 2 heterocycles. The SMILES string of the molecule is CCCCN1C(=O)C2C(c3cccc(C(F)(F)F)c3)NC(CCCNC(N)=O)(C(=O)O)C2C1=O. The highest BCUT2D eigenvalue weighted by molar-refractivity contribution is 6.09. The summed E-state index contributed by atoms with van der Waals surface area (Å²) in [6, 6.07) is 2.39. The summed E-state index contributed by atoms with van der Waals surface area (Å²) in [6.07, 6.45) is -3.48. The molecule has 2 saturated heterocycles. The summed E-state index contributed by atoms with van der Waals surface area (Å²) in [5, 5.41) is 15.4. The van der Waals surface area contributed by atoms with E-state index in [2.05, 4.69) is 10.6 Å². The van der Waals surface area contributed by atoms with Crippen LogP contribution in [0.15, 0.2) is 24.3 Å². The number of carboxylic acids is 1. The lowest BCUT2D eigenvalue weighted by molar-refractivity contribution is -0.151. The average molecular weight is 484 g/mol. The van der Waals surface area contributed by atoms with Crippen molar-refractivity contribution in [3.05, 3.63) is 35.4 Å². The number of aliphatic carboxylic acids is 1. The van der Waals surface area contributed by atoms with Crippen LogP contribution in [0.2, 0.25) is 0 Å². The zero-order chi connectivity index (χ0) is 25.3. The molecule has 2 fully saturated rings. The van der Waals surface area contributed by atoms with Gasteiger partial charge in [-0.15, -0.1) is 0 Å². The highest BCUT2D eigenvalue weighted by Gasteiger charge is 2.68. The molecule has 0 spiro atoms. The highest BCUT2D eigenvalue weighted by Crippen LogP contribution is 2.50. The third-order valence-corrected chi connectivity index (χ3v) is 6.48. The van der Waals surface area contributed by atoms with Crippen LogP contribution in [0.3, 0.4) is 0 Å². The normalized spacial score (nSPS) is 26.6. The molecule has 4 atom stereocenters. The van der Waals surface area contributed by atoms with Gasteiger partial charge in [0.05, 0.1) is 17.4 Å². The van der Waals surface area contributed by atoms with Crippen molar-refractivity contribution in [3.63, 3.8) is 0 Å². The lowest BCUT2D eigenvalue weighted by Crippen LogP contribution is -2.56. The zero-order valence-corrected chi connectivity index (χ0v) is 18.5. The Labute approximate surface area is 193 Å². The van der Waals surface area contributed by atoms with E-state index < -0.39 is 59.0 Å². The third kappa shape index (κ3) is 4.59. The van der Waals surface area contributed by atoms with Crippen LogP contribution in [-0.4, -0.2) is 52.4 Å². The van der Waals surface area contributed by atoms with Gasteiger partial charge in [-0.2, -0.15) is 13.2 Å². The molecule has 4 unspecified atom stereocenters. The van der Waals surface area contributed by atoms with Gasteiger partial charge in [0.25, 0.3) is 0 Å². The Bertz CT molecular complexity index is 986. The number of primary amides is 1. The van der Waals surface area contributed by atoms with Gasteiger partial charge in [-0.3, -0.25) is 24.6 Å². The predicted molar refractivity (Wildman–Crippen MR) is 113 cm³/mol. The second-order valence-electron chi connectivity index (χ2n) is 8.60. The van der Waals surface area contributed by atoms with Crippen LogP contribution in [-0.2, 0) is 20.6 Å². The van der Waals surface area contributed by atoms with Gasteiger partial charge in [0, 0.05) is 19.1 Å². The molecule has 0 bridgehead atoms. The van der Waals surface area contributed by atoms with Gasteiger partial charge in [0.1, 0.15) is 5.54 Å². The summed E-state index contributed by atoms with van der Waals surface area (Å²) >= 11 is 0. The zero-order valence-electron chi connectivity index (χ0n) is 18.5. The second-order valence-corrected chi connectivity index (χ2v) is 8.60. The van der Waals surface area contributed by atoms with E-state index >= 15 is 0 Å². The summed E-state index contributed by atoms with van der Waals surface area (Å²) < 4.78 is 40.0. The van der Waals surface area contributed by atoms with Gasteiger partial charge in [-0.25, -0.2) is 4.79 Å². The molecule has 3 rings (SSSR count). The van der Waals surface area contributed by atoms with Gasteiger partial charge in [-0.05, 0) is 37.0 Å². The third-order valence-electron chi connectivity index (χ3n) is 6.48. The Morgan fingerprint density at radius 2 is 1.94 bits per heavy atom. The second kappa shape index (κ2) is 9.61. The number of halogens is 3. The number of amides is 4. The number of carboxylic acid groups (broad SMARTS) is 1. The van der Waals surface area contributed by atoms with E-state index in [9.17, 15) is 37.5 Å². The minimum absolute atomic E-state index is 0.0271. The summed E-state index contributed by atoms with van der Waals surface area (Å²) in [5.74, 6) is -5.13. The fourth-order valence-corrected chi connectivity index (χ4v) is 4.91. The standard InChI is InChI=1S/C22H27F3N4O5/c1-2-3-10-29-17(30)14-15(18(29)31)21(19(32)33,8-5-9-27-20(26)34)28-16(14)12-6-4-7-13(11-12)22(23,24)25/h4,6-7,11,14-16,28H,2-3,5,8-10H2,1H3,(H,32,33)(H3,26,27,34). The minimum atomic E-state index is -4.64. The van der Waals surface area contributed by atoms with Crippen LogP contribution in [0.1, 0.15) is 49.8 Å². The van der Waals surface area contributed by atoms with Crippen molar-refractivity contribution in [2.45, 2.75) is 50.4 Å². The van der Waals surface area contributed by atoms with Crippen molar-refractivity contribution in [2.24, 2.45) is 17.6 Å². The summed E-state index contributed by atoms with van der Waals surface area (Å²) in [4.78, 5) is 51.1. The average Bonchev–Trinajstić information content (AvgIpc) is 3.24. The van der Waals surface area contributed by atoms with Gasteiger partial charge in [0.2, 0.25) is 11.8 Å². The molecule has 2 aliphatic rings. The number of carbonyl (C=O) groups excluding carboxylic acids is 3. The fourth-order valence-electron chi connectivity index (χ4n) is 4.91. The number of hydrogen-bond donors (Lipinski definition) is 4. The molecule has 34 heavy (non-hydrogen) atoms. The van der Waals surface area contributed by atoms with Crippen molar-refractivity contribution in [1.29, 1.82) is 0 Å². The maximum atomic E-state index is 13.3. The van der Waals surface area contributed by atoms with Gasteiger partial charge in [0.15, 0.2) is 0 Å². The van der Waals surface area contributed by atoms with Crippen molar-refractivity contribution in [1.82, 2.24) is 15.5 Å². The number of nitrogens with one attached hydrogen (secondary N) is 2. The number of alkyl halides is 3. The van der Waals surface area contributed by atoms with Crippen molar-refractivity contribution < 1.29 is 37.5 Å². The number of urea groups is 1. The van der Waals surface area contributed by atoms with E-state index in [1.807, 2.05) is 6.92 Å². The number of benzene rings is 1. The summed E-state index contributed by atoms with van der Waals surface area (Å²) in [6.45, 7) is 2.00. The monoisotopic (exact) mass is 484 g/mol. The van der Waals surface area contributed by atoms with Crippen molar-refractivity contribution in [2.75, 3.05) is 13.1 Å². The Balaban J connectivity index is 2.04. The van der Waals surface area contributed by atoms with Crippen LogP contribution >= 0.6 is 0 Å². The highest BCUT2D eigenvalue weighted by atomic mass is 19.4. The number of rotatable bonds is 9.